The Labute approximate surface area is 109 Å². The molecule has 78 valence electrons. The summed E-state index contributed by atoms with van der Waals surface area (Å²) in [5.74, 6) is 0. The highest BCUT2D eigenvalue weighted by atomic mass is 79.9. The van der Waals surface area contributed by atoms with Crippen LogP contribution in [-0.4, -0.2) is 4.98 Å². The highest BCUT2D eigenvalue weighted by Gasteiger charge is 2.04. The van der Waals surface area contributed by atoms with Crippen LogP contribution in [0.2, 0.25) is 0 Å². The molecule has 0 aliphatic carbocycles. The largest absolute Gasteiger partial charge is 0.331 e. The predicted molar refractivity (Wildman–Crippen MR) is 72.0 cm³/mol. The van der Waals surface area contributed by atoms with Crippen molar-refractivity contribution in [2.75, 3.05) is 5.32 Å². The molecular formula is C10H8Br2N2S. The fourth-order valence-electron chi connectivity index (χ4n) is 1.17. The highest BCUT2D eigenvalue weighted by Crippen LogP contribution is 2.28. The number of hydrogen-bond donors (Lipinski definition) is 1. The Morgan fingerprint density at radius 2 is 2.13 bits per heavy atom. The van der Waals surface area contributed by atoms with Gasteiger partial charge in [0.15, 0.2) is 5.13 Å². The summed E-state index contributed by atoms with van der Waals surface area (Å²) in [6.45, 7) is 2.06. The molecule has 2 rings (SSSR count). The lowest BCUT2D eigenvalue weighted by Crippen LogP contribution is -1.92. The molecular weight excluding hydrogens is 340 g/mol. The number of anilines is 2. The van der Waals surface area contributed by atoms with Crippen molar-refractivity contribution in [1.82, 2.24) is 4.98 Å². The van der Waals surface area contributed by atoms with Crippen LogP contribution in [0, 0.1) is 6.92 Å². The highest BCUT2D eigenvalue weighted by molar-refractivity contribution is 9.10. The minimum atomic E-state index is 0.864. The molecule has 0 saturated carbocycles. The maximum atomic E-state index is 4.29. The Hall–Kier alpha value is -0.390. The number of hydrogen-bond acceptors (Lipinski definition) is 3. The third kappa shape index (κ3) is 2.59. The molecule has 0 saturated heterocycles. The Bertz CT molecular complexity index is 482. The van der Waals surface area contributed by atoms with Gasteiger partial charge in [0.25, 0.3) is 0 Å². The van der Waals surface area contributed by atoms with Crippen molar-refractivity contribution < 1.29 is 0 Å². The number of halogens is 2. The summed E-state index contributed by atoms with van der Waals surface area (Å²) in [6, 6.07) is 6.07. The van der Waals surface area contributed by atoms with Crippen molar-refractivity contribution in [3.05, 3.63) is 38.2 Å². The average Bonchev–Trinajstić information content (AvgIpc) is 2.59. The summed E-state index contributed by atoms with van der Waals surface area (Å²) >= 11 is 8.40. The molecule has 1 aromatic heterocycles. The first-order valence-corrected chi connectivity index (χ1v) is 6.76. The number of aromatic nitrogens is 1. The number of nitrogens with one attached hydrogen (secondary N) is 1. The molecule has 1 aromatic carbocycles. The fraction of sp³-hybridized carbons (Fsp3) is 0.100. The van der Waals surface area contributed by atoms with Crippen LogP contribution in [0.15, 0.2) is 32.7 Å². The van der Waals surface area contributed by atoms with Crippen LogP contribution in [0.3, 0.4) is 0 Å². The van der Waals surface area contributed by atoms with Crippen molar-refractivity contribution in [2.45, 2.75) is 6.92 Å². The van der Waals surface area contributed by atoms with E-state index in [-0.39, 0.29) is 0 Å². The SMILES string of the molecule is Cc1c(Br)cccc1Nc1nc(Br)cs1. The van der Waals surface area contributed by atoms with Crippen molar-refractivity contribution >= 4 is 54.0 Å². The van der Waals surface area contributed by atoms with Crippen molar-refractivity contribution in [2.24, 2.45) is 0 Å². The van der Waals surface area contributed by atoms with E-state index in [9.17, 15) is 0 Å². The van der Waals surface area contributed by atoms with E-state index in [0.29, 0.717) is 0 Å². The maximum Gasteiger partial charge on any atom is 0.188 e. The van der Waals surface area contributed by atoms with Crippen LogP contribution in [0.25, 0.3) is 0 Å². The summed E-state index contributed by atoms with van der Waals surface area (Å²) in [5.41, 5.74) is 2.26. The average molecular weight is 348 g/mol. The summed E-state index contributed by atoms with van der Waals surface area (Å²) in [7, 11) is 0. The first-order chi connectivity index (χ1) is 7.16. The van der Waals surface area contributed by atoms with Crippen molar-refractivity contribution in [3.8, 4) is 0 Å². The molecule has 0 fully saturated rings. The molecule has 2 nitrogen and oxygen atoms in total. The number of benzene rings is 1. The van der Waals surface area contributed by atoms with E-state index in [1.165, 1.54) is 5.56 Å². The normalized spacial score (nSPS) is 10.3. The zero-order valence-electron chi connectivity index (χ0n) is 7.92. The molecule has 0 aliphatic rings. The van der Waals surface area contributed by atoms with Gasteiger partial charge in [-0.3, -0.25) is 0 Å². The third-order valence-corrected chi connectivity index (χ3v) is 4.31. The second-order valence-corrected chi connectivity index (χ2v) is 5.54. The second kappa shape index (κ2) is 4.63. The van der Waals surface area contributed by atoms with Gasteiger partial charge in [-0.05, 0) is 40.5 Å². The van der Waals surface area contributed by atoms with E-state index in [1.807, 2.05) is 23.6 Å². The molecule has 1 heterocycles. The van der Waals surface area contributed by atoms with Crippen molar-refractivity contribution in [3.63, 3.8) is 0 Å². The minimum Gasteiger partial charge on any atom is -0.331 e. The topological polar surface area (TPSA) is 24.9 Å². The van der Waals surface area contributed by atoms with Gasteiger partial charge in [-0.2, -0.15) is 0 Å². The van der Waals surface area contributed by atoms with Gasteiger partial charge in [0.1, 0.15) is 4.60 Å². The quantitative estimate of drug-likeness (QED) is 0.850. The zero-order chi connectivity index (χ0) is 10.8. The van der Waals surface area contributed by atoms with Crippen LogP contribution >= 0.6 is 43.2 Å². The van der Waals surface area contributed by atoms with E-state index in [4.69, 9.17) is 0 Å². The molecule has 0 spiro atoms. The summed E-state index contributed by atoms with van der Waals surface area (Å²) < 4.78 is 1.96. The number of thiazole rings is 1. The fourth-order valence-corrected chi connectivity index (χ4v) is 2.69. The lowest BCUT2D eigenvalue weighted by atomic mass is 10.2. The van der Waals surface area contributed by atoms with Gasteiger partial charge >= 0.3 is 0 Å². The molecule has 5 heteroatoms. The van der Waals surface area contributed by atoms with Gasteiger partial charge < -0.3 is 5.32 Å². The number of nitrogens with zero attached hydrogens (tertiary/aromatic N) is 1. The van der Waals surface area contributed by atoms with E-state index < -0.39 is 0 Å². The molecule has 15 heavy (non-hydrogen) atoms. The Morgan fingerprint density at radius 1 is 1.33 bits per heavy atom. The first-order valence-electron chi connectivity index (χ1n) is 4.30. The van der Waals surface area contributed by atoms with Crippen LogP contribution in [0.4, 0.5) is 10.8 Å². The van der Waals surface area contributed by atoms with E-state index >= 15 is 0 Å². The molecule has 0 unspecified atom stereocenters. The Morgan fingerprint density at radius 3 is 2.80 bits per heavy atom. The van der Waals surface area contributed by atoms with Gasteiger partial charge in [-0.25, -0.2) is 4.98 Å². The predicted octanol–water partition coefficient (Wildman–Crippen LogP) is 4.72. The summed E-state index contributed by atoms with van der Waals surface area (Å²) in [4.78, 5) is 4.29. The van der Waals surface area contributed by atoms with E-state index in [2.05, 4.69) is 49.1 Å². The lowest BCUT2D eigenvalue weighted by molar-refractivity contribution is 1.32. The lowest BCUT2D eigenvalue weighted by Gasteiger charge is -2.07. The van der Waals surface area contributed by atoms with Crippen molar-refractivity contribution in [1.29, 1.82) is 0 Å². The molecule has 1 N–H and O–H groups in total. The van der Waals surface area contributed by atoms with Crippen LogP contribution in [0.1, 0.15) is 5.56 Å². The van der Waals surface area contributed by atoms with Gasteiger partial charge in [0.2, 0.25) is 0 Å². The molecule has 0 atom stereocenters. The van der Waals surface area contributed by atoms with Crippen LogP contribution in [-0.2, 0) is 0 Å². The molecule has 2 aromatic rings. The first kappa shape index (κ1) is 11.1. The third-order valence-electron chi connectivity index (χ3n) is 1.99. The molecule has 0 aliphatic heterocycles. The zero-order valence-corrected chi connectivity index (χ0v) is 11.9. The minimum absolute atomic E-state index is 0.864. The van der Waals surface area contributed by atoms with Gasteiger partial charge in [0, 0.05) is 15.5 Å². The molecule has 0 amide bonds. The Balaban J connectivity index is 2.28. The van der Waals surface area contributed by atoms with Crippen LogP contribution in [0.5, 0.6) is 0 Å². The second-order valence-electron chi connectivity index (χ2n) is 3.01. The monoisotopic (exact) mass is 346 g/mol. The molecule has 0 radical (unpaired) electrons. The maximum absolute atomic E-state index is 4.29. The van der Waals surface area contributed by atoms with E-state index in [1.54, 1.807) is 11.3 Å². The summed E-state index contributed by atoms with van der Waals surface area (Å²) in [5, 5.41) is 6.13. The Kier molecular flexibility index (Phi) is 3.43. The van der Waals surface area contributed by atoms with Gasteiger partial charge in [-0.1, -0.05) is 22.0 Å². The van der Waals surface area contributed by atoms with Gasteiger partial charge in [-0.15, -0.1) is 11.3 Å². The van der Waals surface area contributed by atoms with Gasteiger partial charge in [0.05, 0.1) is 0 Å². The standard InChI is InChI=1S/C10H8Br2N2S/c1-6-7(11)3-2-4-8(6)13-10-14-9(12)5-15-10/h2-5H,1H3,(H,13,14). The van der Waals surface area contributed by atoms with E-state index in [0.717, 1.165) is 19.9 Å². The summed E-state index contributed by atoms with van der Waals surface area (Å²) in [6.07, 6.45) is 0. The van der Waals surface area contributed by atoms with Crippen LogP contribution < -0.4 is 5.32 Å². The number of rotatable bonds is 2. The molecule has 0 bridgehead atoms. The smallest absolute Gasteiger partial charge is 0.188 e.